The number of rotatable bonds is 5. The highest BCUT2D eigenvalue weighted by molar-refractivity contribution is 6.17. The van der Waals surface area contributed by atoms with Crippen molar-refractivity contribution in [2.24, 2.45) is 7.05 Å². The number of ether oxygens (including phenoxy) is 1. The van der Waals surface area contributed by atoms with Gasteiger partial charge in [0.1, 0.15) is 11.3 Å². The second-order valence-electron chi connectivity index (χ2n) is 8.49. The molecule has 2 aromatic carbocycles. The van der Waals surface area contributed by atoms with E-state index in [9.17, 15) is 9.59 Å². The van der Waals surface area contributed by atoms with Gasteiger partial charge in [-0.25, -0.2) is 0 Å². The average Bonchev–Trinajstić information content (AvgIpc) is 3.46. The largest absolute Gasteiger partial charge is 0.496 e. The third-order valence-corrected chi connectivity index (χ3v) is 6.68. The summed E-state index contributed by atoms with van der Waals surface area (Å²) in [6.07, 6.45) is 5.94. The topological polar surface area (TPSA) is 65.3 Å². The molecule has 0 aliphatic heterocycles. The predicted molar refractivity (Wildman–Crippen MR) is 126 cm³/mol. The van der Waals surface area contributed by atoms with E-state index >= 15 is 0 Å². The maximum atomic E-state index is 13.5. The number of carbonyl (C=O) groups is 1. The molecule has 5 rings (SSSR count). The predicted octanol–water partition coefficient (Wildman–Crippen LogP) is 4.55. The fourth-order valence-electron chi connectivity index (χ4n) is 5.05. The van der Waals surface area contributed by atoms with E-state index in [0.29, 0.717) is 17.6 Å². The van der Waals surface area contributed by atoms with Gasteiger partial charge in [-0.05, 0) is 25.0 Å². The molecule has 1 saturated carbocycles. The maximum absolute atomic E-state index is 13.5. The third-order valence-electron chi connectivity index (χ3n) is 6.68. The number of aryl methyl sites for hydroxylation is 1. The number of amides is 1. The third kappa shape index (κ3) is 3.27. The molecule has 0 bridgehead atoms. The van der Waals surface area contributed by atoms with E-state index < -0.39 is 0 Å². The first-order chi connectivity index (χ1) is 15.6. The van der Waals surface area contributed by atoms with E-state index in [1.165, 1.54) is 0 Å². The first-order valence-electron chi connectivity index (χ1n) is 11.1. The Morgan fingerprint density at radius 1 is 1.09 bits per heavy atom. The van der Waals surface area contributed by atoms with Gasteiger partial charge < -0.3 is 19.2 Å². The number of carbonyl (C=O) groups excluding carboxylic acids is 1. The van der Waals surface area contributed by atoms with Crippen LogP contribution >= 0.6 is 0 Å². The number of aromatic nitrogens is 2. The van der Waals surface area contributed by atoms with Gasteiger partial charge in [-0.15, -0.1) is 0 Å². The molecule has 4 aromatic rings. The Bertz CT molecular complexity index is 1380. The Labute approximate surface area is 186 Å². The fraction of sp³-hybridized carbons (Fsp3) is 0.308. The molecule has 2 heterocycles. The lowest BCUT2D eigenvalue weighted by Gasteiger charge is -2.17. The van der Waals surface area contributed by atoms with Crippen LogP contribution in [0.3, 0.4) is 0 Å². The Hall–Kier alpha value is -3.54. The first kappa shape index (κ1) is 20.4. The maximum Gasteiger partial charge on any atom is 0.275 e. The van der Waals surface area contributed by atoms with Crippen molar-refractivity contribution in [2.45, 2.75) is 38.3 Å². The number of para-hydroxylation sites is 2. The summed E-state index contributed by atoms with van der Waals surface area (Å²) in [6, 6.07) is 15.7. The van der Waals surface area contributed by atoms with E-state index in [-0.39, 0.29) is 17.5 Å². The van der Waals surface area contributed by atoms with Crippen molar-refractivity contribution in [3.05, 3.63) is 76.2 Å². The Balaban J connectivity index is 1.65. The summed E-state index contributed by atoms with van der Waals surface area (Å²) >= 11 is 0. The molecular weight excluding hydrogens is 402 g/mol. The van der Waals surface area contributed by atoms with E-state index in [0.717, 1.165) is 53.3 Å². The van der Waals surface area contributed by atoms with Crippen LogP contribution in [-0.2, 0) is 13.6 Å². The van der Waals surface area contributed by atoms with E-state index in [2.05, 4.69) is 5.32 Å². The lowest BCUT2D eigenvalue weighted by molar-refractivity contribution is 0.0951. The van der Waals surface area contributed by atoms with Gasteiger partial charge in [0, 0.05) is 47.7 Å². The number of nitrogens with one attached hydrogen (secondary N) is 1. The van der Waals surface area contributed by atoms with Crippen molar-refractivity contribution >= 4 is 27.7 Å². The zero-order chi connectivity index (χ0) is 22.2. The van der Waals surface area contributed by atoms with Gasteiger partial charge >= 0.3 is 0 Å². The number of hydrogen-bond acceptors (Lipinski definition) is 3. The van der Waals surface area contributed by atoms with Gasteiger partial charge in [0.05, 0.1) is 12.7 Å². The van der Waals surface area contributed by atoms with E-state index in [4.69, 9.17) is 4.74 Å². The summed E-state index contributed by atoms with van der Waals surface area (Å²) in [5.41, 5.74) is 2.96. The number of fused-ring (bicyclic) bond motifs is 3. The Morgan fingerprint density at radius 2 is 1.81 bits per heavy atom. The van der Waals surface area contributed by atoms with Gasteiger partial charge in [0.25, 0.3) is 11.5 Å². The summed E-state index contributed by atoms with van der Waals surface area (Å²) in [5.74, 6) is 0.544. The standard InChI is InChI=1S/C26H27N3O3/c1-28-21-13-7-6-12-19(21)23-20(16-29(26(31)24(23)28)18-10-4-5-11-18)25(30)27-15-17-9-3-8-14-22(17)32-2/h3,6-9,12-14,16,18H,4-5,10-11,15H2,1-2H3,(H,27,30). The number of benzene rings is 2. The van der Waals surface area contributed by atoms with Crippen molar-refractivity contribution in [3.8, 4) is 5.75 Å². The van der Waals surface area contributed by atoms with Crippen molar-refractivity contribution in [1.29, 1.82) is 0 Å². The van der Waals surface area contributed by atoms with Crippen LogP contribution in [0, 0.1) is 0 Å². The summed E-state index contributed by atoms with van der Waals surface area (Å²) < 4.78 is 9.14. The fourth-order valence-corrected chi connectivity index (χ4v) is 5.05. The Kier molecular flexibility index (Phi) is 5.21. The molecule has 0 saturated heterocycles. The molecule has 32 heavy (non-hydrogen) atoms. The summed E-state index contributed by atoms with van der Waals surface area (Å²) in [6.45, 7) is 0.345. The second-order valence-corrected chi connectivity index (χ2v) is 8.49. The molecule has 0 radical (unpaired) electrons. The number of methoxy groups -OCH3 is 1. The van der Waals surface area contributed by atoms with Crippen molar-refractivity contribution < 1.29 is 9.53 Å². The smallest absolute Gasteiger partial charge is 0.275 e. The van der Waals surface area contributed by atoms with Crippen LogP contribution in [0.1, 0.15) is 47.6 Å². The number of hydrogen-bond donors (Lipinski definition) is 1. The summed E-state index contributed by atoms with van der Waals surface area (Å²) in [5, 5.41) is 4.69. The van der Waals surface area contributed by atoms with Crippen molar-refractivity contribution in [3.63, 3.8) is 0 Å². The molecule has 1 N–H and O–H groups in total. The number of pyridine rings is 1. The van der Waals surface area contributed by atoms with Crippen LogP contribution in [0.15, 0.2) is 59.5 Å². The highest BCUT2D eigenvalue weighted by atomic mass is 16.5. The summed E-state index contributed by atoms with van der Waals surface area (Å²) in [7, 11) is 3.53. The SMILES string of the molecule is COc1ccccc1CNC(=O)c1cn(C2CCCC2)c(=O)c2c1c1ccccc1n2C. The van der Waals surface area contributed by atoms with Gasteiger partial charge in [-0.2, -0.15) is 0 Å². The van der Waals surface area contributed by atoms with Gasteiger partial charge in [-0.3, -0.25) is 9.59 Å². The zero-order valence-electron chi connectivity index (χ0n) is 18.4. The van der Waals surface area contributed by atoms with Crippen LogP contribution in [0.25, 0.3) is 21.8 Å². The van der Waals surface area contributed by atoms with Crippen LogP contribution in [0.5, 0.6) is 5.75 Å². The van der Waals surface area contributed by atoms with Gasteiger partial charge in [-0.1, -0.05) is 49.2 Å². The van der Waals surface area contributed by atoms with Crippen LogP contribution in [-0.4, -0.2) is 22.2 Å². The monoisotopic (exact) mass is 429 g/mol. The van der Waals surface area contributed by atoms with Crippen LogP contribution in [0.2, 0.25) is 0 Å². The molecule has 2 aromatic heterocycles. The summed E-state index contributed by atoms with van der Waals surface area (Å²) in [4.78, 5) is 27.0. The minimum atomic E-state index is -0.191. The second kappa shape index (κ2) is 8.19. The first-order valence-corrected chi connectivity index (χ1v) is 11.1. The quantitative estimate of drug-likeness (QED) is 0.506. The molecule has 1 aliphatic carbocycles. The molecule has 164 valence electrons. The molecule has 6 nitrogen and oxygen atoms in total. The highest BCUT2D eigenvalue weighted by Crippen LogP contribution is 2.33. The van der Waals surface area contributed by atoms with Crippen LogP contribution in [0.4, 0.5) is 0 Å². The normalized spacial score (nSPS) is 14.3. The molecule has 0 spiro atoms. The zero-order valence-corrected chi connectivity index (χ0v) is 18.4. The van der Waals surface area contributed by atoms with E-state index in [1.807, 2.05) is 60.1 Å². The average molecular weight is 430 g/mol. The molecule has 6 heteroatoms. The molecule has 0 unspecified atom stereocenters. The minimum absolute atomic E-state index is 0.0214. The van der Waals surface area contributed by atoms with Crippen molar-refractivity contribution in [2.75, 3.05) is 7.11 Å². The molecular formula is C26H27N3O3. The van der Waals surface area contributed by atoms with Crippen LogP contribution < -0.4 is 15.6 Å². The van der Waals surface area contributed by atoms with Gasteiger partial charge in [0.2, 0.25) is 0 Å². The Morgan fingerprint density at radius 3 is 2.59 bits per heavy atom. The van der Waals surface area contributed by atoms with E-state index in [1.54, 1.807) is 17.9 Å². The molecule has 1 amide bonds. The van der Waals surface area contributed by atoms with Gasteiger partial charge in [0.15, 0.2) is 0 Å². The minimum Gasteiger partial charge on any atom is -0.496 e. The molecule has 1 fully saturated rings. The highest BCUT2D eigenvalue weighted by Gasteiger charge is 2.25. The lowest BCUT2D eigenvalue weighted by Crippen LogP contribution is -2.29. The molecule has 1 aliphatic rings. The number of nitrogens with zero attached hydrogens (tertiary/aromatic N) is 2. The molecule has 0 atom stereocenters. The van der Waals surface area contributed by atoms with Crippen molar-refractivity contribution in [1.82, 2.24) is 14.5 Å². The lowest BCUT2D eigenvalue weighted by atomic mass is 10.1.